The van der Waals surface area contributed by atoms with Gasteiger partial charge < -0.3 is 19.4 Å². The van der Waals surface area contributed by atoms with Gasteiger partial charge in [-0.25, -0.2) is 4.39 Å². The third kappa shape index (κ3) is 4.04. The van der Waals surface area contributed by atoms with Crippen molar-refractivity contribution >= 4 is 17.2 Å². The molecule has 0 saturated carbocycles. The number of amides is 1. The van der Waals surface area contributed by atoms with E-state index in [9.17, 15) is 9.18 Å². The van der Waals surface area contributed by atoms with E-state index in [-0.39, 0.29) is 18.5 Å². The van der Waals surface area contributed by atoms with Gasteiger partial charge in [0.05, 0.1) is 13.2 Å². The first-order valence-corrected chi connectivity index (χ1v) is 9.56. The number of hydrogen-bond donors (Lipinski definition) is 1. The zero-order chi connectivity index (χ0) is 18.6. The number of fused-ring (bicyclic) bond motifs is 1. The van der Waals surface area contributed by atoms with Gasteiger partial charge in [-0.15, -0.1) is 11.3 Å². The van der Waals surface area contributed by atoms with E-state index in [2.05, 4.69) is 5.32 Å². The minimum atomic E-state index is -0.325. The van der Waals surface area contributed by atoms with Crippen LogP contribution < -0.4 is 10.1 Å². The Labute approximate surface area is 160 Å². The van der Waals surface area contributed by atoms with Crippen LogP contribution >= 0.6 is 11.3 Å². The second-order valence-corrected chi connectivity index (χ2v) is 7.30. The molecule has 140 valence electrons. The molecule has 3 aromatic rings. The number of hydrogen-bond acceptors (Lipinski definition) is 4. The molecule has 0 radical (unpaired) electrons. The van der Waals surface area contributed by atoms with Crippen molar-refractivity contribution in [1.29, 1.82) is 0 Å². The van der Waals surface area contributed by atoms with Gasteiger partial charge in [0.2, 0.25) is 0 Å². The van der Waals surface area contributed by atoms with Gasteiger partial charge in [-0.05, 0) is 47.7 Å². The number of rotatable bonds is 6. The van der Waals surface area contributed by atoms with Crippen LogP contribution in [0.2, 0.25) is 0 Å². The number of ether oxygens (including phenoxy) is 2. The number of carbonyl (C=O) groups is 1. The van der Waals surface area contributed by atoms with E-state index in [4.69, 9.17) is 9.47 Å². The van der Waals surface area contributed by atoms with Crippen molar-refractivity contribution < 1.29 is 18.7 Å². The highest BCUT2D eigenvalue weighted by molar-refractivity contribution is 7.09. The maximum Gasteiger partial charge on any atom is 0.267 e. The summed E-state index contributed by atoms with van der Waals surface area (Å²) in [6.07, 6.45) is 2.38. The fourth-order valence-electron chi connectivity index (χ4n) is 3.17. The maximum absolute atomic E-state index is 13.8. The molecule has 0 saturated heterocycles. The van der Waals surface area contributed by atoms with Gasteiger partial charge in [0, 0.05) is 23.2 Å². The standard InChI is InChI=1S/C20H19FN2O3S/c21-16-9-14(19-15(10-16)12-25-13-26-19)5-6-22-20(24)18-4-1-7-23(18)11-17-3-2-8-27-17/h1-4,7-10H,5-6,11-13H2,(H,22,24). The van der Waals surface area contributed by atoms with E-state index in [0.717, 1.165) is 5.56 Å². The first-order valence-electron chi connectivity index (χ1n) is 8.68. The summed E-state index contributed by atoms with van der Waals surface area (Å²) in [5, 5.41) is 4.93. The molecule has 0 atom stereocenters. The summed E-state index contributed by atoms with van der Waals surface area (Å²) in [5.41, 5.74) is 2.05. The zero-order valence-corrected chi connectivity index (χ0v) is 15.4. The summed E-state index contributed by atoms with van der Waals surface area (Å²) in [6, 6.07) is 10.6. The maximum atomic E-state index is 13.8. The molecule has 0 spiro atoms. The van der Waals surface area contributed by atoms with Gasteiger partial charge in [-0.2, -0.15) is 0 Å². The lowest BCUT2D eigenvalue weighted by Gasteiger charge is -2.21. The van der Waals surface area contributed by atoms with E-state index < -0.39 is 0 Å². The van der Waals surface area contributed by atoms with Gasteiger partial charge in [0.25, 0.3) is 5.91 Å². The second-order valence-electron chi connectivity index (χ2n) is 6.27. The van der Waals surface area contributed by atoms with Crippen LogP contribution in [0.25, 0.3) is 0 Å². The van der Waals surface area contributed by atoms with Crippen LogP contribution in [-0.2, 0) is 24.3 Å². The summed E-state index contributed by atoms with van der Waals surface area (Å²) < 4.78 is 26.4. The predicted molar refractivity (Wildman–Crippen MR) is 101 cm³/mol. The van der Waals surface area contributed by atoms with Crippen LogP contribution in [0.4, 0.5) is 4.39 Å². The molecule has 1 N–H and O–H groups in total. The number of benzene rings is 1. The molecule has 5 nitrogen and oxygen atoms in total. The Balaban J connectivity index is 1.40. The Kier molecular flexibility index (Phi) is 5.22. The van der Waals surface area contributed by atoms with Crippen LogP contribution in [0.3, 0.4) is 0 Å². The highest BCUT2D eigenvalue weighted by Crippen LogP contribution is 2.29. The molecule has 3 heterocycles. The van der Waals surface area contributed by atoms with Gasteiger partial charge in [0.15, 0.2) is 6.79 Å². The van der Waals surface area contributed by atoms with E-state index in [1.54, 1.807) is 17.4 Å². The lowest BCUT2D eigenvalue weighted by Crippen LogP contribution is -2.28. The number of nitrogens with one attached hydrogen (secondary N) is 1. The van der Waals surface area contributed by atoms with Crippen molar-refractivity contribution in [2.75, 3.05) is 13.3 Å². The quantitative estimate of drug-likeness (QED) is 0.705. The van der Waals surface area contributed by atoms with Crippen LogP contribution in [0, 0.1) is 5.82 Å². The van der Waals surface area contributed by atoms with Crippen molar-refractivity contribution in [1.82, 2.24) is 9.88 Å². The minimum Gasteiger partial charge on any atom is -0.467 e. The summed E-state index contributed by atoms with van der Waals surface area (Å²) in [6.45, 7) is 1.55. The highest BCUT2D eigenvalue weighted by Gasteiger charge is 2.17. The first-order chi connectivity index (χ1) is 13.2. The molecule has 0 bridgehead atoms. The summed E-state index contributed by atoms with van der Waals surface area (Å²) >= 11 is 1.66. The van der Waals surface area contributed by atoms with Crippen LogP contribution in [-0.4, -0.2) is 23.8 Å². The molecule has 27 heavy (non-hydrogen) atoms. The van der Waals surface area contributed by atoms with Gasteiger partial charge >= 0.3 is 0 Å². The molecule has 4 rings (SSSR count). The highest BCUT2D eigenvalue weighted by atomic mass is 32.1. The van der Waals surface area contributed by atoms with Crippen molar-refractivity contribution in [3.05, 3.63) is 75.5 Å². The Bertz CT molecular complexity index is 937. The topological polar surface area (TPSA) is 52.5 Å². The average molecular weight is 386 g/mol. The monoisotopic (exact) mass is 386 g/mol. The Morgan fingerprint density at radius 2 is 2.22 bits per heavy atom. The Hall–Kier alpha value is -2.64. The molecule has 1 aromatic carbocycles. The third-order valence-electron chi connectivity index (χ3n) is 4.40. The largest absolute Gasteiger partial charge is 0.467 e. The lowest BCUT2D eigenvalue weighted by molar-refractivity contribution is -0.0172. The fraction of sp³-hybridized carbons (Fsp3) is 0.250. The number of carbonyl (C=O) groups excluding carboxylic acids is 1. The second kappa shape index (κ2) is 7.94. The number of nitrogens with zero attached hydrogens (tertiary/aromatic N) is 1. The lowest BCUT2D eigenvalue weighted by atomic mass is 10.1. The van der Waals surface area contributed by atoms with Crippen molar-refractivity contribution in [3.63, 3.8) is 0 Å². The molecule has 0 aliphatic carbocycles. The number of thiophene rings is 1. The normalized spacial score (nSPS) is 13.1. The van der Waals surface area contributed by atoms with Gasteiger partial charge in [-0.1, -0.05) is 6.07 Å². The van der Waals surface area contributed by atoms with Crippen LogP contribution in [0.5, 0.6) is 5.75 Å². The fourth-order valence-corrected chi connectivity index (χ4v) is 3.87. The van der Waals surface area contributed by atoms with Crippen LogP contribution in [0.15, 0.2) is 48.0 Å². The summed E-state index contributed by atoms with van der Waals surface area (Å²) in [5.74, 6) is 0.193. The number of halogens is 1. The smallest absolute Gasteiger partial charge is 0.267 e. The van der Waals surface area contributed by atoms with Crippen molar-refractivity contribution in [2.45, 2.75) is 19.6 Å². The molecule has 0 fully saturated rings. The van der Waals surface area contributed by atoms with Crippen molar-refractivity contribution in [3.8, 4) is 5.75 Å². The Morgan fingerprint density at radius 1 is 1.30 bits per heavy atom. The van der Waals surface area contributed by atoms with Crippen LogP contribution in [0.1, 0.15) is 26.5 Å². The molecular formula is C20H19FN2O3S. The molecule has 1 aliphatic rings. The summed E-state index contributed by atoms with van der Waals surface area (Å²) in [7, 11) is 0. The van der Waals surface area contributed by atoms with Crippen molar-refractivity contribution in [2.24, 2.45) is 0 Å². The molecule has 0 unspecified atom stereocenters. The van der Waals surface area contributed by atoms with Gasteiger partial charge in [0.1, 0.15) is 17.3 Å². The van der Waals surface area contributed by atoms with E-state index in [1.165, 1.54) is 17.0 Å². The van der Waals surface area contributed by atoms with E-state index in [0.29, 0.717) is 43.1 Å². The van der Waals surface area contributed by atoms with E-state index in [1.807, 2.05) is 34.3 Å². The predicted octanol–water partition coefficient (Wildman–Crippen LogP) is 3.58. The molecule has 7 heteroatoms. The summed E-state index contributed by atoms with van der Waals surface area (Å²) in [4.78, 5) is 13.7. The third-order valence-corrected chi connectivity index (χ3v) is 5.26. The Morgan fingerprint density at radius 3 is 3.07 bits per heavy atom. The average Bonchev–Trinajstić information content (AvgIpc) is 3.34. The number of aromatic nitrogens is 1. The molecule has 1 amide bonds. The SMILES string of the molecule is O=C(NCCc1cc(F)cc2c1OCOC2)c1cccn1Cc1cccs1. The zero-order valence-electron chi connectivity index (χ0n) is 14.6. The molecular weight excluding hydrogens is 367 g/mol. The first kappa shape index (κ1) is 17.8. The minimum absolute atomic E-state index is 0.147. The van der Waals surface area contributed by atoms with Gasteiger partial charge in [-0.3, -0.25) is 4.79 Å². The molecule has 1 aliphatic heterocycles. The molecule has 2 aromatic heterocycles. The van der Waals surface area contributed by atoms with E-state index >= 15 is 0 Å².